The third kappa shape index (κ3) is 2.76. The van der Waals surface area contributed by atoms with E-state index in [2.05, 4.69) is 5.10 Å². The van der Waals surface area contributed by atoms with Crippen molar-refractivity contribution in [3.05, 3.63) is 16.9 Å². The number of esters is 1. The second-order valence-corrected chi connectivity index (χ2v) is 4.33. The van der Waals surface area contributed by atoms with Crippen LogP contribution in [0.1, 0.15) is 45.3 Å². The Bertz CT molecular complexity index is 374. The SMILES string of the molecule is CCOC(=O)C(C)n1cc(Cl)c(C(C)C)n1. The van der Waals surface area contributed by atoms with Gasteiger partial charge < -0.3 is 4.74 Å². The lowest BCUT2D eigenvalue weighted by Gasteiger charge is -2.10. The van der Waals surface area contributed by atoms with Gasteiger partial charge in [-0.3, -0.25) is 4.68 Å². The van der Waals surface area contributed by atoms with Crippen molar-refractivity contribution in [3.8, 4) is 0 Å². The molecule has 90 valence electrons. The van der Waals surface area contributed by atoms with Crippen LogP contribution in [0.2, 0.25) is 5.02 Å². The molecule has 0 bridgehead atoms. The molecule has 0 aromatic carbocycles. The standard InChI is InChI=1S/C11H17ClN2O2/c1-5-16-11(15)8(4)14-6-9(12)10(13-14)7(2)3/h6-8H,5H2,1-4H3. The number of hydrogen-bond donors (Lipinski definition) is 0. The number of rotatable bonds is 4. The Labute approximate surface area is 101 Å². The molecule has 0 aliphatic heterocycles. The number of halogens is 1. The number of ether oxygens (including phenoxy) is 1. The molecule has 0 saturated carbocycles. The van der Waals surface area contributed by atoms with Crippen molar-refractivity contribution < 1.29 is 9.53 Å². The van der Waals surface area contributed by atoms with Crippen LogP contribution >= 0.6 is 11.6 Å². The smallest absolute Gasteiger partial charge is 0.330 e. The lowest BCUT2D eigenvalue weighted by atomic mass is 10.1. The maximum atomic E-state index is 11.5. The summed E-state index contributed by atoms with van der Waals surface area (Å²) in [6.07, 6.45) is 1.67. The average Bonchev–Trinajstić information content (AvgIpc) is 2.59. The summed E-state index contributed by atoms with van der Waals surface area (Å²) < 4.78 is 6.48. The van der Waals surface area contributed by atoms with E-state index in [1.165, 1.54) is 0 Å². The fraction of sp³-hybridized carbons (Fsp3) is 0.636. The molecule has 1 aromatic rings. The molecule has 1 unspecified atom stereocenters. The molecule has 1 atom stereocenters. The number of carbonyl (C=O) groups is 1. The van der Waals surface area contributed by atoms with Crippen LogP contribution in [-0.2, 0) is 9.53 Å². The molecule has 0 fully saturated rings. The first-order valence-electron chi connectivity index (χ1n) is 5.38. The van der Waals surface area contributed by atoms with Gasteiger partial charge in [-0.1, -0.05) is 25.4 Å². The highest BCUT2D eigenvalue weighted by atomic mass is 35.5. The monoisotopic (exact) mass is 244 g/mol. The van der Waals surface area contributed by atoms with Gasteiger partial charge >= 0.3 is 5.97 Å². The molecule has 0 N–H and O–H groups in total. The van der Waals surface area contributed by atoms with E-state index in [1.54, 1.807) is 24.7 Å². The highest BCUT2D eigenvalue weighted by Crippen LogP contribution is 2.24. The Kier molecular flexibility index (Phi) is 4.35. The lowest BCUT2D eigenvalue weighted by molar-refractivity contribution is -0.146. The van der Waals surface area contributed by atoms with Crippen molar-refractivity contribution in [1.29, 1.82) is 0 Å². The topological polar surface area (TPSA) is 44.1 Å². The number of carbonyl (C=O) groups excluding carboxylic acids is 1. The van der Waals surface area contributed by atoms with Gasteiger partial charge in [-0.15, -0.1) is 0 Å². The van der Waals surface area contributed by atoms with Gasteiger partial charge in [-0.25, -0.2) is 4.79 Å². The first-order chi connectivity index (χ1) is 7.47. The summed E-state index contributed by atoms with van der Waals surface area (Å²) in [6.45, 7) is 7.90. The van der Waals surface area contributed by atoms with Crippen LogP contribution in [0, 0.1) is 0 Å². The molecule has 1 heterocycles. The highest BCUT2D eigenvalue weighted by Gasteiger charge is 2.19. The van der Waals surface area contributed by atoms with E-state index in [-0.39, 0.29) is 11.9 Å². The second kappa shape index (κ2) is 5.34. The van der Waals surface area contributed by atoms with E-state index < -0.39 is 6.04 Å². The van der Waals surface area contributed by atoms with Crippen molar-refractivity contribution in [2.75, 3.05) is 6.61 Å². The maximum Gasteiger partial charge on any atom is 0.330 e. The van der Waals surface area contributed by atoms with Crippen molar-refractivity contribution in [2.45, 2.75) is 39.7 Å². The molecular formula is C11H17ClN2O2. The normalized spacial score (nSPS) is 12.9. The average molecular weight is 245 g/mol. The Hall–Kier alpha value is -1.03. The third-order valence-corrected chi connectivity index (χ3v) is 2.58. The number of aromatic nitrogens is 2. The van der Waals surface area contributed by atoms with E-state index in [0.717, 1.165) is 5.69 Å². The number of hydrogen-bond acceptors (Lipinski definition) is 3. The van der Waals surface area contributed by atoms with Gasteiger partial charge in [0, 0.05) is 6.20 Å². The van der Waals surface area contributed by atoms with Gasteiger partial charge in [0.25, 0.3) is 0 Å². The summed E-state index contributed by atoms with van der Waals surface area (Å²) in [5, 5.41) is 4.89. The Morgan fingerprint density at radius 2 is 2.19 bits per heavy atom. The van der Waals surface area contributed by atoms with Crippen molar-refractivity contribution in [2.24, 2.45) is 0 Å². The van der Waals surface area contributed by atoms with E-state index in [0.29, 0.717) is 11.6 Å². The maximum absolute atomic E-state index is 11.5. The van der Waals surface area contributed by atoms with Crippen LogP contribution in [-0.4, -0.2) is 22.4 Å². The molecule has 1 aromatic heterocycles. The summed E-state index contributed by atoms with van der Waals surface area (Å²) >= 11 is 6.03. The first kappa shape index (κ1) is 13.0. The van der Waals surface area contributed by atoms with Gasteiger partial charge in [0.05, 0.1) is 17.3 Å². The Morgan fingerprint density at radius 1 is 1.56 bits per heavy atom. The van der Waals surface area contributed by atoms with Crippen LogP contribution in [0.4, 0.5) is 0 Å². The van der Waals surface area contributed by atoms with Crippen molar-refractivity contribution >= 4 is 17.6 Å². The fourth-order valence-electron chi connectivity index (χ4n) is 1.34. The highest BCUT2D eigenvalue weighted by molar-refractivity contribution is 6.31. The molecule has 0 aliphatic carbocycles. The minimum Gasteiger partial charge on any atom is -0.464 e. The molecule has 16 heavy (non-hydrogen) atoms. The quantitative estimate of drug-likeness (QED) is 0.765. The molecule has 0 radical (unpaired) electrons. The number of nitrogens with zero attached hydrogens (tertiary/aromatic N) is 2. The zero-order valence-corrected chi connectivity index (χ0v) is 10.8. The predicted molar refractivity (Wildman–Crippen MR) is 62.7 cm³/mol. The van der Waals surface area contributed by atoms with E-state index >= 15 is 0 Å². The van der Waals surface area contributed by atoms with Crippen LogP contribution in [0.15, 0.2) is 6.20 Å². The summed E-state index contributed by atoms with van der Waals surface area (Å²) in [7, 11) is 0. The van der Waals surface area contributed by atoms with Crippen LogP contribution in [0.3, 0.4) is 0 Å². The Morgan fingerprint density at radius 3 is 2.62 bits per heavy atom. The second-order valence-electron chi connectivity index (χ2n) is 3.93. The largest absolute Gasteiger partial charge is 0.464 e. The van der Waals surface area contributed by atoms with Gasteiger partial charge in [0.1, 0.15) is 6.04 Å². The van der Waals surface area contributed by atoms with Crippen molar-refractivity contribution in [3.63, 3.8) is 0 Å². The lowest BCUT2D eigenvalue weighted by Crippen LogP contribution is -2.19. The third-order valence-electron chi connectivity index (χ3n) is 2.28. The summed E-state index contributed by atoms with van der Waals surface area (Å²) in [4.78, 5) is 11.5. The van der Waals surface area contributed by atoms with Gasteiger partial charge in [0.2, 0.25) is 0 Å². The van der Waals surface area contributed by atoms with Gasteiger partial charge in [0.15, 0.2) is 0 Å². The van der Waals surface area contributed by atoms with E-state index in [4.69, 9.17) is 16.3 Å². The zero-order chi connectivity index (χ0) is 12.3. The molecule has 0 amide bonds. The summed E-state index contributed by atoms with van der Waals surface area (Å²) in [5.74, 6) is -0.0554. The predicted octanol–water partition coefficient (Wildman–Crippen LogP) is 2.78. The van der Waals surface area contributed by atoms with Crippen LogP contribution in [0.5, 0.6) is 0 Å². The van der Waals surface area contributed by atoms with Crippen molar-refractivity contribution in [1.82, 2.24) is 9.78 Å². The summed E-state index contributed by atoms with van der Waals surface area (Å²) in [6, 6.07) is -0.440. The minimum absolute atomic E-state index is 0.239. The van der Waals surface area contributed by atoms with E-state index in [1.807, 2.05) is 13.8 Å². The van der Waals surface area contributed by atoms with E-state index in [9.17, 15) is 4.79 Å². The minimum atomic E-state index is -0.440. The molecule has 0 spiro atoms. The van der Waals surface area contributed by atoms with Gasteiger partial charge in [-0.2, -0.15) is 5.10 Å². The molecule has 5 heteroatoms. The zero-order valence-electron chi connectivity index (χ0n) is 10.0. The summed E-state index contributed by atoms with van der Waals surface area (Å²) in [5.41, 5.74) is 0.804. The fourth-order valence-corrected chi connectivity index (χ4v) is 1.70. The molecule has 0 saturated heterocycles. The molecule has 1 rings (SSSR count). The van der Waals surface area contributed by atoms with Crippen LogP contribution < -0.4 is 0 Å². The Balaban J connectivity index is 2.88. The molecule has 0 aliphatic rings. The first-order valence-corrected chi connectivity index (χ1v) is 5.76. The molecule has 4 nitrogen and oxygen atoms in total. The molecular weight excluding hydrogens is 228 g/mol. The van der Waals surface area contributed by atoms with Crippen LogP contribution in [0.25, 0.3) is 0 Å². The van der Waals surface area contributed by atoms with Gasteiger partial charge in [-0.05, 0) is 19.8 Å².